The molecule has 0 bridgehead atoms. The van der Waals surface area contributed by atoms with Crippen molar-refractivity contribution in [3.05, 3.63) is 96.1 Å². The van der Waals surface area contributed by atoms with Gasteiger partial charge in [0.25, 0.3) is 0 Å². The van der Waals surface area contributed by atoms with Crippen molar-refractivity contribution in [3.63, 3.8) is 0 Å². The van der Waals surface area contributed by atoms with Gasteiger partial charge < -0.3 is 53.8 Å². The van der Waals surface area contributed by atoms with Gasteiger partial charge in [-0.15, -0.1) is 0 Å². The highest BCUT2D eigenvalue weighted by atomic mass is 16.4. The standard InChI is InChI=1S/C42H56N8O10/c1-25(46-38(55)31(44)23-28-16-18-30(52)19-17-28)37(54)49-36(26(2)51)40(57)47-32(20-21-35(45)53)41(58)50(29-13-7-4-8-14-29)34(24-27-11-5-3-6-12-27)39(56)48-33(42(59)60)15-9-10-22-43/h3-8,11-14,16-19,25-26,31-34,36,51-52H,9-10,15,20-24,43-44H2,1-2H3,(H2,45,53)(H,46,55)(H,47,57)(H,48,56)(H,49,54)(H,59,60)/t25-,26+,31-,32-,33-,34-,36-/m0/s1. The first kappa shape index (κ1) is 48.0. The number of anilines is 1. The molecule has 18 nitrogen and oxygen atoms in total. The molecule has 3 aromatic carbocycles. The van der Waals surface area contributed by atoms with Crippen molar-refractivity contribution in [1.29, 1.82) is 0 Å². The van der Waals surface area contributed by atoms with E-state index in [1.807, 2.05) is 0 Å². The first-order chi connectivity index (χ1) is 28.5. The molecule has 7 atom stereocenters. The van der Waals surface area contributed by atoms with E-state index in [0.717, 1.165) is 4.90 Å². The predicted molar refractivity (Wildman–Crippen MR) is 222 cm³/mol. The minimum absolute atomic E-state index is 0.0338. The van der Waals surface area contributed by atoms with Gasteiger partial charge in [0.05, 0.1) is 12.1 Å². The summed E-state index contributed by atoms with van der Waals surface area (Å²) in [4.78, 5) is 94.5. The number of carbonyl (C=O) groups excluding carboxylic acids is 6. The maximum absolute atomic E-state index is 14.8. The largest absolute Gasteiger partial charge is 0.508 e. The van der Waals surface area contributed by atoms with E-state index in [1.165, 1.54) is 38.1 Å². The van der Waals surface area contributed by atoms with Crippen LogP contribution in [0.15, 0.2) is 84.9 Å². The Morgan fingerprint density at radius 1 is 0.683 bits per heavy atom. The van der Waals surface area contributed by atoms with E-state index in [4.69, 9.17) is 17.2 Å². The fourth-order valence-electron chi connectivity index (χ4n) is 6.23. The number of aliphatic carboxylic acids is 1. The van der Waals surface area contributed by atoms with Crippen LogP contribution in [0.3, 0.4) is 0 Å². The number of aliphatic hydroxyl groups excluding tert-OH is 1. The SMILES string of the molecule is C[C@H](NC(=O)[C@@H](N)Cc1ccc(O)cc1)C(=O)N[C@H](C(=O)N[C@@H](CCC(N)=O)C(=O)N(c1ccccc1)[C@@H](Cc1ccccc1)C(=O)N[C@@H](CCCCN)C(=O)O)[C@@H](C)O. The maximum Gasteiger partial charge on any atom is 0.326 e. The van der Waals surface area contributed by atoms with Crippen molar-refractivity contribution in [2.24, 2.45) is 17.2 Å². The molecule has 0 heterocycles. The Labute approximate surface area is 348 Å². The molecule has 0 aliphatic carbocycles. The number of carbonyl (C=O) groups is 7. The van der Waals surface area contributed by atoms with Gasteiger partial charge in [0.1, 0.15) is 36.0 Å². The summed E-state index contributed by atoms with van der Waals surface area (Å²) in [7, 11) is 0. The number of primary amides is 1. The average Bonchev–Trinajstić information content (AvgIpc) is 3.21. The first-order valence-electron chi connectivity index (χ1n) is 19.6. The van der Waals surface area contributed by atoms with Crippen molar-refractivity contribution in [2.75, 3.05) is 11.4 Å². The summed E-state index contributed by atoms with van der Waals surface area (Å²) in [6.45, 7) is 2.86. The molecule has 18 heteroatoms. The van der Waals surface area contributed by atoms with Crippen LogP contribution in [0.2, 0.25) is 0 Å². The number of nitrogens with zero attached hydrogens (tertiary/aromatic N) is 1. The summed E-state index contributed by atoms with van der Waals surface area (Å²) in [5.74, 6) is -6.40. The van der Waals surface area contributed by atoms with Gasteiger partial charge in [-0.25, -0.2) is 4.79 Å². The van der Waals surface area contributed by atoms with Gasteiger partial charge in [0, 0.05) is 18.5 Å². The van der Waals surface area contributed by atoms with Crippen LogP contribution in [0.5, 0.6) is 5.75 Å². The second-order valence-electron chi connectivity index (χ2n) is 14.4. The van der Waals surface area contributed by atoms with Crippen LogP contribution in [-0.2, 0) is 46.4 Å². The molecule has 0 spiro atoms. The normalized spacial score (nSPS) is 14.5. The Morgan fingerprint density at radius 2 is 1.27 bits per heavy atom. The zero-order valence-electron chi connectivity index (χ0n) is 33.7. The zero-order chi connectivity index (χ0) is 44.4. The summed E-state index contributed by atoms with van der Waals surface area (Å²) in [5.41, 5.74) is 18.6. The topological polar surface area (TPSA) is 310 Å². The van der Waals surface area contributed by atoms with Crippen LogP contribution in [0.25, 0.3) is 0 Å². The van der Waals surface area contributed by atoms with Crippen molar-refractivity contribution in [3.8, 4) is 5.75 Å². The molecular weight excluding hydrogens is 777 g/mol. The zero-order valence-corrected chi connectivity index (χ0v) is 33.7. The third-order valence-electron chi connectivity index (χ3n) is 9.56. The molecule has 0 saturated heterocycles. The third-order valence-corrected chi connectivity index (χ3v) is 9.56. The lowest BCUT2D eigenvalue weighted by Gasteiger charge is -2.35. The molecule has 0 aromatic heterocycles. The summed E-state index contributed by atoms with van der Waals surface area (Å²) in [6.07, 6.45) is -1.36. The molecule has 0 fully saturated rings. The van der Waals surface area contributed by atoms with E-state index in [9.17, 15) is 48.9 Å². The van der Waals surface area contributed by atoms with Crippen molar-refractivity contribution < 1.29 is 48.9 Å². The molecule has 3 aromatic rings. The van der Waals surface area contributed by atoms with Crippen LogP contribution >= 0.6 is 0 Å². The van der Waals surface area contributed by atoms with E-state index < -0.39 is 90.2 Å². The Bertz CT molecular complexity index is 1900. The Kier molecular flexibility index (Phi) is 19.1. The number of aliphatic hydroxyl groups is 1. The Balaban J connectivity index is 1.93. The fraction of sp³-hybridized carbons (Fsp3) is 0.405. The summed E-state index contributed by atoms with van der Waals surface area (Å²) < 4.78 is 0. The molecule has 324 valence electrons. The number of carboxylic acid groups (broad SMARTS) is 1. The third kappa shape index (κ3) is 15.1. The second-order valence-corrected chi connectivity index (χ2v) is 14.4. The van der Waals surface area contributed by atoms with Gasteiger partial charge in [-0.1, -0.05) is 60.7 Å². The Hall–Kier alpha value is -6.37. The van der Waals surface area contributed by atoms with E-state index >= 15 is 0 Å². The smallest absolute Gasteiger partial charge is 0.326 e. The number of unbranched alkanes of at least 4 members (excludes halogenated alkanes) is 1. The molecular formula is C42H56N8O10. The average molecular weight is 833 g/mol. The molecule has 0 unspecified atom stereocenters. The molecule has 0 saturated carbocycles. The first-order valence-corrected chi connectivity index (χ1v) is 19.6. The van der Waals surface area contributed by atoms with E-state index in [1.54, 1.807) is 60.7 Å². The molecule has 0 radical (unpaired) electrons. The van der Waals surface area contributed by atoms with Gasteiger partial charge in [-0.3, -0.25) is 33.7 Å². The molecule has 6 amide bonds. The number of phenols is 1. The lowest BCUT2D eigenvalue weighted by Crippen LogP contribution is -2.62. The number of amides is 6. The number of nitrogens with one attached hydrogen (secondary N) is 4. The van der Waals surface area contributed by atoms with Crippen molar-refractivity contribution >= 4 is 47.1 Å². The molecule has 0 aliphatic heterocycles. The molecule has 13 N–H and O–H groups in total. The number of phenolic OH excluding ortho intramolecular Hbond substituents is 1. The quantitative estimate of drug-likeness (QED) is 0.0522. The van der Waals surface area contributed by atoms with Gasteiger partial charge >= 0.3 is 5.97 Å². The van der Waals surface area contributed by atoms with Crippen LogP contribution in [0.4, 0.5) is 5.69 Å². The van der Waals surface area contributed by atoms with Crippen LogP contribution in [-0.4, -0.2) is 106 Å². The number of para-hydroxylation sites is 1. The number of benzene rings is 3. The van der Waals surface area contributed by atoms with Gasteiger partial charge in [-0.05, 0) is 87.9 Å². The number of hydrogen-bond acceptors (Lipinski definition) is 11. The lowest BCUT2D eigenvalue weighted by atomic mass is 9.99. The highest BCUT2D eigenvalue weighted by molar-refractivity contribution is 6.05. The predicted octanol–water partition coefficient (Wildman–Crippen LogP) is -0.274. The van der Waals surface area contributed by atoms with Crippen molar-refractivity contribution in [2.45, 2.75) is 101 Å². The monoisotopic (exact) mass is 832 g/mol. The number of hydrogen-bond donors (Lipinski definition) is 10. The minimum atomic E-state index is -1.69. The molecule has 0 aliphatic rings. The highest BCUT2D eigenvalue weighted by Crippen LogP contribution is 2.23. The second kappa shape index (κ2) is 23.9. The van der Waals surface area contributed by atoms with Gasteiger partial charge in [0.15, 0.2) is 0 Å². The van der Waals surface area contributed by atoms with Crippen LogP contribution in [0.1, 0.15) is 57.1 Å². The van der Waals surface area contributed by atoms with E-state index in [0.29, 0.717) is 30.5 Å². The van der Waals surface area contributed by atoms with Crippen molar-refractivity contribution in [1.82, 2.24) is 21.3 Å². The summed E-state index contributed by atoms with van der Waals surface area (Å²) >= 11 is 0. The van der Waals surface area contributed by atoms with E-state index in [2.05, 4.69) is 21.3 Å². The van der Waals surface area contributed by atoms with Crippen LogP contribution < -0.4 is 43.4 Å². The summed E-state index contributed by atoms with van der Waals surface area (Å²) in [5, 5.41) is 40.1. The lowest BCUT2D eigenvalue weighted by molar-refractivity contribution is -0.142. The summed E-state index contributed by atoms with van der Waals surface area (Å²) in [6, 6.07) is 14.3. The van der Waals surface area contributed by atoms with Gasteiger partial charge in [0.2, 0.25) is 35.4 Å². The number of carboxylic acids is 1. The molecule has 60 heavy (non-hydrogen) atoms. The number of aromatic hydroxyl groups is 1. The highest BCUT2D eigenvalue weighted by Gasteiger charge is 2.39. The van der Waals surface area contributed by atoms with Crippen LogP contribution in [0, 0.1) is 0 Å². The maximum atomic E-state index is 14.8. The fourth-order valence-corrected chi connectivity index (χ4v) is 6.23. The minimum Gasteiger partial charge on any atom is -0.508 e. The number of nitrogens with two attached hydrogens (primary N) is 3. The van der Waals surface area contributed by atoms with E-state index in [-0.39, 0.29) is 37.1 Å². The molecule has 3 rings (SSSR count). The number of rotatable bonds is 24. The Morgan fingerprint density at radius 3 is 1.83 bits per heavy atom. The van der Waals surface area contributed by atoms with Gasteiger partial charge in [-0.2, -0.15) is 0 Å².